The van der Waals surface area contributed by atoms with E-state index < -0.39 is 5.60 Å². The van der Waals surface area contributed by atoms with Gasteiger partial charge in [0.05, 0.1) is 6.61 Å². The molecule has 0 saturated heterocycles. The first-order chi connectivity index (χ1) is 9.85. The van der Waals surface area contributed by atoms with Gasteiger partial charge in [-0.3, -0.25) is 0 Å². The second kappa shape index (κ2) is 8.59. The van der Waals surface area contributed by atoms with Gasteiger partial charge in [-0.15, -0.1) is 0 Å². The van der Waals surface area contributed by atoms with Crippen LogP contribution in [0.1, 0.15) is 59.8 Å². The minimum Gasteiger partial charge on any atom is -0.444 e. The second-order valence-electron chi connectivity index (χ2n) is 6.99. The highest BCUT2D eigenvalue weighted by molar-refractivity contribution is 5.67. The fourth-order valence-corrected chi connectivity index (χ4v) is 2.80. The van der Waals surface area contributed by atoms with E-state index in [-0.39, 0.29) is 18.7 Å². The van der Waals surface area contributed by atoms with Crippen LogP contribution in [0.25, 0.3) is 0 Å². The maximum Gasteiger partial charge on any atom is 0.407 e. The van der Waals surface area contributed by atoms with Crippen molar-refractivity contribution in [2.45, 2.75) is 77.5 Å². The van der Waals surface area contributed by atoms with Crippen LogP contribution in [0.15, 0.2) is 0 Å². The van der Waals surface area contributed by atoms with Crippen molar-refractivity contribution in [1.82, 2.24) is 10.6 Å². The maximum atomic E-state index is 11.7. The van der Waals surface area contributed by atoms with Crippen LogP contribution >= 0.6 is 0 Å². The third-order valence-electron chi connectivity index (χ3n) is 3.98. The Kier molecular flexibility index (Phi) is 7.46. The number of ether oxygens (including phenoxy) is 1. The van der Waals surface area contributed by atoms with Crippen molar-refractivity contribution in [2.75, 3.05) is 13.2 Å². The van der Waals surface area contributed by atoms with Gasteiger partial charge >= 0.3 is 6.09 Å². The molecule has 21 heavy (non-hydrogen) atoms. The largest absolute Gasteiger partial charge is 0.444 e. The van der Waals surface area contributed by atoms with Crippen LogP contribution in [0.5, 0.6) is 0 Å². The smallest absolute Gasteiger partial charge is 0.407 e. The van der Waals surface area contributed by atoms with Crippen molar-refractivity contribution in [3.8, 4) is 0 Å². The van der Waals surface area contributed by atoms with E-state index in [4.69, 9.17) is 4.74 Å². The van der Waals surface area contributed by atoms with Crippen molar-refractivity contribution >= 4 is 6.09 Å². The normalized spacial score (nSPS) is 24.4. The highest BCUT2D eigenvalue weighted by Gasteiger charge is 2.27. The van der Waals surface area contributed by atoms with Gasteiger partial charge in [0.1, 0.15) is 5.60 Å². The average Bonchev–Trinajstić information content (AvgIpc) is 2.41. The molecule has 0 bridgehead atoms. The number of carbonyl (C=O) groups excluding carboxylic acids is 1. The Bertz CT molecular complexity index is 311. The first kappa shape index (κ1) is 18.2. The van der Waals surface area contributed by atoms with Crippen molar-refractivity contribution in [1.29, 1.82) is 0 Å². The molecule has 1 fully saturated rings. The quantitative estimate of drug-likeness (QED) is 0.704. The summed E-state index contributed by atoms with van der Waals surface area (Å²) < 4.78 is 5.28. The molecule has 2 unspecified atom stereocenters. The van der Waals surface area contributed by atoms with Crippen molar-refractivity contribution < 1.29 is 14.6 Å². The lowest BCUT2D eigenvalue weighted by atomic mass is 9.84. The van der Waals surface area contributed by atoms with Gasteiger partial charge in [0.2, 0.25) is 0 Å². The Morgan fingerprint density at radius 1 is 1.33 bits per heavy atom. The number of hydrogen-bond donors (Lipinski definition) is 3. The topological polar surface area (TPSA) is 70.6 Å². The van der Waals surface area contributed by atoms with Crippen LogP contribution in [0.3, 0.4) is 0 Å². The molecule has 0 heterocycles. The molecule has 1 rings (SSSR count). The van der Waals surface area contributed by atoms with Gasteiger partial charge in [0.15, 0.2) is 0 Å². The molecule has 0 aliphatic heterocycles. The van der Waals surface area contributed by atoms with E-state index in [1.54, 1.807) is 0 Å². The zero-order valence-electron chi connectivity index (χ0n) is 13.9. The molecule has 5 nitrogen and oxygen atoms in total. The number of alkyl carbamates (subject to hydrolysis) is 1. The first-order valence-electron chi connectivity index (χ1n) is 8.19. The summed E-state index contributed by atoms with van der Waals surface area (Å²) in [6.45, 7) is 8.47. The van der Waals surface area contributed by atoms with Gasteiger partial charge in [-0.1, -0.05) is 19.8 Å². The average molecular weight is 300 g/mol. The van der Waals surface area contributed by atoms with E-state index in [1.165, 1.54) is 12.8 Å². The molecule has 124 valence electrons. The number of aliphatic hydroxyl groups excluding tert-OH is 1. The minimum atomic E-state index is -0.460. The van der Waals surface area contributed by atoms with Crippen LogP contribution in [0.2, 0.25) is 0 Å². The molecule has 0 spiro atoms. The molecule has 0 radical (unpaired) electrons. The Balaban J connectivity index is 2.44. The van der Waals surface area contributed by atoms with Gasteiger partial charge in [-0.2, -0.15) is 0 Å². The Labute approximate surface area is 128 Å². The SMILES string of the molecule is CC[C@@H](CO)NC1CCCCC1CNC(=O)OC(C)(C)C. The summed E-state index contributed by atoms with van der Waals surface area (Å²) in [7, 11) is 0. The van der Waals surface area contributed by atoms with E-state index in [0.29, 0.717) is 18.5 Å². The highest BCUT2D eigenvalue weighted by Crippen LogP contribution is 2.24. The van der Waals surface area contributed by atoms with Gasteiger partial charge in [0.25, 0.3) is 0 Å². The molecule has 3 N–H and O–H groups in total. The van der Waals surface area contributed by atoms with Crippen molar-refractivity contribution in [3.05, 3.63) is 0 Å². The predicted molar refractivity (Wildman–Crippen MR) is 84.3 cm³/mol. The third kappa shape index (κ3) is 7.14. The van der Waals surface area contributed by atoms with Crippen LogP contribution in [-0.4, -0.2) is 42.0 Å². The van der Waals surface area contributed by atoms with Crippen LogP contribution in [0, 0.1) is 5.92 Å². The first-order valence-corrected chi connectivity index (χ1v) is 8.19. The summed E-state index contributed by atoms with van der Waals surface area (Å²) in [5.74, 6) is 0.409. The lowest BCUT2D eigenvalue weighted by molar-refractivity contribution is 0.0508. The molecule has 1 saturated carbocycles. The molecule has 0 aromatic heterocycles. The van der Waals surface area contributed by atoms with E-state index in [9.17, 15) is 9.90 Å². The lowest BCUT2D eigenvalue weighted by Crippen LogP contribution is -2.49. The van der Waals surface area contributed by atoms with Crippen LogP contribution in [0.4, 0.5) is 4.79 Å². The van der Waals surface area contributed by atoms with E-state index in [0.717, 1.165) is 19.3 Å². The molecular formula is C16H32N2O3. The molecule has 0 aromatic carbocycles. The summed E-state index contributed by atoms with van der Waals surface area (Å²) in [4.78, 5) is 11.7. The van der Waals surface area contributed by atoms with Gasteiger partial charge in [-0.25, -0.2) is 4.79 Å². The van der Waals surface area contributed by atoms with Crippen LogP contribution in [-0.2, 0) is 4.74 Å². The fourth-order valence-electron chi connectivity index (χ4n) is 2.80. The summed E-state index contributed by atoms with van der Waals surface area (Å²) in [5.41, 5.74) is -0.460. The summed E-state index contributed by atoms with van der Waals surface area (Å²) >= 11 is 0. The van der Waals surface area contributed by atoms with Gasteiger partial charge < -0.3 is 20.5 Å². The van der Waals surface area contributed by atoms with Crippen molar-refractivity contribution in [3.63, 3.8) is 0 Å². The Hall–Kier alpha value is -0.810. The summed E-state index contributed by atoms with van der Waals surface area (Å²) in [6.07, 6.45) is 5.20. The molecule has 5 heteroatoms. The Morgan fingerprint density at radius 2 is 2.00 bits per heavy atom. The number of carbonyl (C=O) groups is 1. The number of nitrogens with one attached hydrogen (secondary N) is 2. The molecule has 0 aromatic rings. The number of hydrogen-bond acceptors (Lipinski definition) is 4. The molecular weight excluding hydrogens is 268 g/mol. The second-order valence-corrected chi connectivity index (χ2v) is 6.99. The van der Waals surface area contributed by atoms with E-state index in [1.807, 2.05) is 20.8 Å². The number of amides is 1. The van der Waals surface area contributed by atoms with Gasteiger partial charge in [-0.05, 0) is 46.0 Å². The predicted octanol–water partition coefficient (Wildman–Crippen LogP) is 2.43. The standard InChI is InChI=1S/C16H32N2O3/c1-5-13(11-19)18-14-9-7-6-8-12(14)10-17-15(20)21-16(2,3)4/h12-14,18-19H,5-11H2,1-4H3,(H,17,20)/t12?,13-,14?/m0/s1. The zero-order chi connectivity index (χ0) is 15.9. The molecule has 1 aliphatic rings. The Morgan fingerprint density at radius 3 is 2.57 bits per heavy atom. The summed E-state index contributed by atoms with van der Waals surface area (Å²) in [5, 5.41) is 15.8. The van der Waals surface area contributed by atoms with Gasteiger partial charge in [0, 0.05) is 18.6 Å². The molecule has 1 amide bonds. The minimum absolute atomic E-state index is 0.150. The molecule has 3 atom stereocenters. The number of aliphatic hydroxyl groups is 1. The fraction of sp³-hybridized carbons (Fsp3) is 0.938. The zero-order valence-corrected chi connectivity index (χ0v) is 13.9. The van der Waals surface area contributed by atoms with Crippen LogP contribution < -0.4 is 10.6 Å². The lowest BCUT2D eigenvalue weighted by Gasteiger charge is -2.35. The highest BCUT2D eigenvalue weighted by atomic mass is 16.6. The number of rotatable bonds is 6. The molecule has 1 aliphatic carbocycles. The van der Waals surface area contributed by atoms with Crippen molar-refractivity contribution in [2.24, 2.45) is 5.92 Å². The maximum absolute atomic E-state index is 11.7. The van der Waals surface area contributed by atoms with E-state index in [2.05, 4.69) is 17.6 Å². The third-order valence-corrected chi connectivity index (χ3v) is 3.98. The summed E-state index contributed by atoms with van der Waals surface area (Å²) in [6, 6.07) is 0.517. The monoisotopic (exact) mass is 300 g/mol. The van der Waals surface area contributed by atoms with E-state index >= 15 is 0 Å².